The molecule has 1 unspecified atom stereocenters. The van der Waals surface area contributed by atoms with Crippen molar-refractivity contribution in [3.8, 4) is 5.75 Å². The van der Waals surface area contributed by atoms with Crippen LogP contribution in [0.2, 0.25) is 0 Å². The molecule has 0 bridgehead atoms. The van der Waals surface area contributed by atoms with Gasteiger partial charge in [0.2, 0.25) is 5.91 Å². The molecule has 0 aliphatic carbocycles. The molecule has 0 aliphatic heterocycles. The minimum absolute atomic E-state index is 0.00437. The lowest BCUT2D eigenvalue weighted by Crippen LogP contribution is -2.30. The monoisotopic (exact) mass is 625 g/mol. The van der Waals surface area contributed by atoms with Crippen LogP contribution in [0.4, 0.5) is 21.9 Å². The second-order valence-electron chi connectivity index (χ2n) is 10.1. The van der Waals surface area contributed by atoms with Gasteiger partial charge in [-0.05, 0) is 72.6 Å². The van der Waals surface area contributed by atoms with Crippen molar-refractivity contribution < 1.29 is 38.9 Å². The summed E-state index contributed by atoms with van der Waals surface area (Å²) in [6.45, 7) is 1.88. The number of aromatic carboxylic acids is 1. The first-order valence-corrected chi connectivity index (χ1v) is 13.9. The van der Waals surface area contributed by atoms with Crippen molar-refractivity contribution in [2.75, 3.05) is 23.1 Å². The average molecular weight is 626 g/mol. The molecule has 0 radical (unpaired) electrons. The largest absolute Gasteiger partial charge is 0.495 e. The quantitative estimate of drug-likeness (QED) is 0.127. The molecule has 0 spiro atoms. The number of rotatable bonds is 12. The highest BCUT2D eigenvalue weighted by Gasteiger charge is 2.21. The zero-order valence-electron chi connectivity index (χ0n) is 24.9. The van der Waals surface area contributed by atoms with Crippen LogP contribution in [-0.2, 0) is 16.0 Å². The van der Waals surface area contributed by atoms with E-state index in [4.69, 9.17) is 9.84 Å². The summed E-state index contributed by atoms with van der Waals surface area (Å²) in [4.78, 5) is 64.8. The summed E-state index contributed by atoms with van der Waals surface area (Å²) in [7, 11) is 1.45. The molecule has 4 rings (SSSR count). The van der Waals surface area contributed by atoms with Crippen molar-refractivity contribution in [1.82, 2.24) is 10.3 Å². The van der Waals surface area contributed by atoms with Crippen molar-refractivity contribution in [2.45, 2.75) is 25.8 Å². The van der Waals surface area contributed by atoms with Crippen molar-refractivity contribution in [2.24, 2.45) is 0 Å². The van der Waals surface area contributed by atoms with E-state index in [1.165, 1.54) is 49.7 Å². The molecule has 3 aromatic carbocycles. The van der Waals surface area contributed by atoms with Gasteiger partial charge in [0.1, 0.15) is 5.75 Å². The van der Waals surface area contributed by atoms with E-state index in [0.717, 1.165) is 5.56 Å². The number of anilines is 3. The smallest absolute Gasteiger partial charge is 0.335 e. The average Bonchev–Trinajstić information content (AvgIpc) is 3.02. The third-order valence-electron chi connectivity index (χ3n) is 6.78. The van der Waals surface area contributed by atoms with E-state index in [0.29, 0.717) is 28.4 Å². The number of carboxylic acid groups (broad SMARTS) is 2. The van der Waals surface area contributed by atoms with Gasteiger partial charge in [-0.2, -0.15) is 0 Å². The minimum Gasteiger partial charge on any atom is -0.495 e. The van der Waals surface area contributed by atoms with Crippen LogP contribution in [0.15, 0.2) is 85.1 Å². The number of benzene rings is 3. The number of carboxylic acids is 2. The molecule has 0 fully saturated rings. The fraction of sp³-hybridized carbons (Fsp3) is 0.152. The molecule has 13 nitrogen and oxygen atoms in total. The Morgan fingerprint density at radius 2 is 1.52 bits per heavy atom. The molecule has 6 N–H and O–H groups in total. The Balaban J connectivity index is 1.36. The standard InChI is InChI=1S/C33H31N5O8/c1-19-5-3-4-6-24(19)37-33(45)38-26-13-7-20(15-28(26)46-2)16-29(39)35-23-12-14-25(34-18-23)27(17-30(40)41)36-31(42)21-8-10-22(11-9-21)32(43)44/h3-15,18,27H,16-17H2,1-2H3,(H,35,39)(H,36,42)(H,40,41)(H,43,44)(H2,37,38,45). The molecule has 0 aliphatic rings. The number of hydrogen-bond acceptors (Lipinski definition) is 7. The van der Waals surface area contributed by atoms with Gasteiger partial charge in [0.15, 0.2) is 0 Å². The molecule has 1 aromatic heterocycles. The van der Waals surface area contributed by atoms with Gasteiger partial charge in [0.25, 0.3) is 5.91 Å². The molecular formula is C33H31N5O8. The van der Waals surface area contributed by atoms with E-state index in [-0.39, 0.29) is 29.1 Å². The fourth-order valence-corrected chi connectivity index (χ4v) is 4.42. The van der Waals surface area contributed by atoms with Gasteiger partial charge in [0, 0.05) is 11.3 Å². The maximum atomic E-state index is 12.8. The number of ether oxygens (including phenoxy) is 1. The highest BCUT2D eigenvalue weighted by Crippen LogP contribution is 2.27. The summed E-state index contributed by atoms with van der Waals surface area (Å²) >= 11 is 0. The van der Waals surface area contributed by atoms with E-state index in [1.807, 2.05) is 25.1 Å². The highest BCUT2D eigenvalue weighted by molar-refractivity contribution is 6.01. The Labute approximate surface area is 263 Å². The number of carbonyl (C=O) groups is 5. The summed E-state index contributed by atoms with van der Waals surface area (Å²) in [5.74, 6) is -2.92. The molecular weight excluding hydrogens is 594 g/mol. The zero-order valence-corrected chi connectivity index (χ0v) is 24.9. The first-order chi connectivity index (χ1) is 22.0. The lowest BCUT2D eigenvalue weighted by molar-refractivity contribution is -0.137. The van der Waals surface area contributed by atoms with Crippen LogP contribution in [-0.4, -0.2) is 52.1 Å². The first kappa shape index (κ1) is 32.7. The van der Waals surface area contributed by atoms with E-state index >= 15 is 0 Å². The van der Waals surface area contributed by atoms with Crippen LogP contribution < -0.4 is 26.0 Å². The van der Waals surface area contributed by atoms with E-state index in [1.54, 1.807) is 24.3 Å². The Morgan fingerprint density at radius 1 is 0.826 bits per heavy atom. The third kappa shape index (κ3) is 8.89. The predicted molar refractivity (Wildman–Crippen MR) is 169 cm³/mol. The van der Waals surface area contributed by atoms with Gasteiger partial charge in [-0.1, -0.05) is 24.3 Å². The maximum absolute atomic E-state index is 12.8. The lowest BCUT2D eigenvalue weighted by atomic mass is 10.1. The van der Waals surface area contributed by atoms with Crippen LogP contribution in [0.3, 0.4) is 0 Å². The van der Waals surface area contributed by atoms with Crippen molar-refractivity contribution in [3.05, 3.63) is 113 Å². The van der Waals surface area contributed by atoms with Gasteiger partial charge in [-0.25, -0.2) is 9.59 Å². The zero-order chi connectivity index (χ0) is 33.2. The van der Waals surface area contributed by atoms with Crippen molar-refractivity contribution >= 4 is 46.8 Å². The minimum atomic E-state index is -1.17. The molecule has 4 aromatic rings. The van der Waals surface area contributed by atoms with Gasteiger partial charge < -0.3 is 36.2 Å². The van der Waals surface area contributed by atoms with Crippen LogP contribution in [0.25, 0.3) is 0 Å². The molecule has 0 saturated heterocycles. The summed E-state index contributed by atoms with van der Waals surface area (Å²) in [6.07, 6.45) is 0.862. The molecule has 1 atom stereocenters. The predicted octanol–water partition coefficient (Wildman–Crippen LogP) is 4.87. The number of nitrogens with zero attached hydrogens (tertiary/aromatic N) is 1. The molecule has 0 saturated carbocycles. The van der Waals surface area contributed by atoms with Crippen LogP contribution in [0, 0.1) is 6.92 Å². The Bertz CT molecular complexity index is 1760. The highest BCUT2D eigenvalue weighted by atomic mass is 16.5. The number of pyridine rings is 1. The number of carbonyl (C=O) groups excluding carboxylic acids is 3. The summed E-state index contributed by atoms with van der Waals surface area (Å²) in [6, 6.07) is 19.1. The van der Waals surface area contributed by atoms with Gasteiger partial charge in [-0.15, -0.1) is 0 Å². The van der Waals surface area contributed by atoms with Crippen LogP contribution >= 0.6 is 0 Å². The number of aryl methyl sites for hydroxylation is 1. The second kappa shape index (κ2) is 15.0. The number of hydrogen-bond donors (Lipinski definition) is 6. The van der Waals surface area contributed by atoms with Crippen LogP contribution in [0.1, 0.15) is 50.0 Å². The summed E-state index contributed by atoms with van der Waals surface area (Å²) in [5, 5.41) is 29.3. The number of para-hydroxylation sites is 1. The van der Waals surface area contributed by atoms with Crippen LogP contribution in [0.5, 0.6) is 5.75 Å². The molecule has 236 valence electrons. The summed E-state index contributed by atoms with van der Waals surface area (Å²) < 4.78 is 5.41. The Kier molecular flexibility index (Phi) is 10.6. The maximum Gasteiger partial charge on any atom is 0.335 e. The fourth-order valence-electron chi connectivity index (χ4n) is 4.42. The molecule has 4 amide bonds. The number of aliphatic carboxylic acids is 1. The number of urea groups is 1. The van der Waals surface area contributed by atoms with Gasteiger partial charge in [0.05, 0.1) is 54.8 Å². The number of aromatic nitrogens is 1. The summed E-state index contributed by atoms with van der Waals surface area (Å²) in [5.41, 5.74) is 3.35. The van der Waals surface area contributed by atoms with E-state index in [9.17, 15) is 29.1 Å². The topological polar surface area (TPSA) is 196 Å². The number of methoxy groups -OCH3 is 1. The van der Waals surface area contributed by atoms with E-state index in [2.05, 4.69) is 26.3 Å². The Hall–Kier alpha value is -6.24. The SMILES string of the molecule is COc1cc(CC(=O)Nc2ccc(C(CC(=O)O)NC(=O)c3ccc(C(=O)O)cc3)nc2)ccc1NC(=O)Nc1ccccc1C. The first-order valence-electron chi connectivity index (χ1n) is 13.9. The van der Waals surface area contributed by atoms with Crippen molar-refractivity contribution in [1.29, 1.82) is 0 Å². The van der Waals surface area contributed by atoms with Gasteiger partial charge in [-0.3, -0.25) is 19.4 Å². The van der Waals surface area contributed by atoms with Crippen molar-refractivity contribution in [3.63, 3.8) is 0 Å². The third-order valence-corrected chi connectivity index (χ3v) is 6.78. The van der Waals surface area contributed by atoms with Gasteiger partial charge >= 0.3 is 18.0 Å². The number of nitrogens with one attached hydrogen (secondary N) is 4. The molecule has 46 heavy (non-hydrogen) atoms. The molecule has 13 heteroatoms. The Morgan fingerprint density at radius 3 is 2.15 bits per heavy atom. The van der Waals surface area contributed by atoms with E-state index < -0.39 is 36.3 Å². The molecule has 1 heterocycles. The second-order valence-corrected chi connectivity index (χ2v) is 10.1. The number of amides is 4. The lowest BCUT2D eigenvalue weighted by Gasteiger charge is -2.17. The normalized spacial score (nSPS) is 11.1.